The van der Waals surface area contributed by atoms with Gasteiger partial charge in [0.2, 0.25) is 0 Å². The second-order valence-corrected chi connectivity index (χ2v) is 12.7. The Hall–Kier alpha value is -6.85. The lowest BCUT2D eigenvalue weighted by molar-refractivity contribution is 0.668. The molecule has 232 valence electrons. The molecule has 50 heavy (non-hydrogen) atoms. The van der Waals surface area contributed by atoms with Crippen LogP contribution in [0.1, 0.15) is 0 Å². The summed E-state index contributed by atoms with van der Waals surface area (Å²) in [7, 11) is 0. The van der Waals surface area contributed by atoms with Crippen LogP contribution in [0.4, 0.5) is 0 Å². The third kappa shape index (κ3) is 3.92. The molecule has 0 aliphatic carbocycles. The molecule has 0 amide bonds. The highest BCUT2D eigenvalue weighted by Gasteiger charge is 2.23. The van der Waals surface area contributed by atoms with E-state index in [2.05, 4.69) is 103 Å². The van der Waals surface area contributed by atoms with E-state index in [1.165, 1.54) is 5.39 Å². The summed E-state index contributed by atoms with van der Waals surface area (Å²) < 4.78 is 13.0. The molecule has 11 rings (SSSR count). The summed E-state index contributed by atoms with van der Waals surface area (Å²) in [5.74, 6) is 1.71. The Morgan fingerprint density at radius 3 is 1.70 bits per heavy atom. The third-order valence-electron chi connectivity index (χ3n) is 9.90. The molecular weight excluding hydrogens is 615 g/mol. The first-order chi connectivity index (χ1) is 24.8. The van der Waals surface area contributed by atoms with Crippen LogP contribution in [0.3, 0.4) is 0 Å². The smallest absolute Gasteiger partial charge is 0.168 e. The van der Waals surface area contributed by atoms with Gasteiger partial charge in [-0.15, -0.1) is 0 Å². The normalized spacial score (nSPS) is 12.0. The van der Waals surface area contributed by atoms with E-state index in [9.17, 15) is 0 Å². The van der Waals surface area contributed by atoms with E-state index in [1.807, 2.05) is 48.5 Å². The predicted octanol–water partition coefficient (Wildman–Crippen LogP) is 12.1. The Morgan fingerprint density at radius 2 is 0.900 bits per heavy atom. The van der Waals surface area contributed by atoms with Crippen molar-refractivity contribution in [2.24, 2.45) is 0 Å². The molecule has 11 aromatic rings. The molecule has 0 radical (unpaired) electrons. The molecule has 0 spiro atoms. The summed E-state index contributed by atoms with van der Waals surface area (Å²) >= 11 is 0. The number of nitrogens with zero attached hydrogens (tertiary/aromatic N) is 3. The molecule has 0 bridgehead atoms. The summed E-state index contributed by atoms with van der Waals surface area (Å²) in [6.45, 7) is 0. The largest absolute Gasteiger partial charge is 0.456 e. The molecule has 0 aliphatic rings. The topological polar surface area (TPSA) is 65.0 Å². The van der Waals surface area contributed by atoms with Gasteiger partial charge >= 0.3 is 0 Å². The molecule has 0 unspecified atom stereocenters. The van der Waals surface area contributed by atoms with Gasteiger partial charge in [0, 0.05) is 32.7 Å². The van der Waals surface area contributed by atoms with Crippen LogP contribution < -0.4 is 0 Å². The van der Waals surface area contributed by atoms with Crippen LogP contribution in [-0.2, 0) is 0 Å². The van der Waals surface area contributed by atoms with Crippen molar-refractivity contribution >= 4 is 76.2 Å². The van der Waals surface area contributed by atoms with Gasteiger partial charge in [-0.05, 0) is 62.6 Å². The lowest BCUT2D eigenvalue weighted by atomic mass is 9.96. The van der Waals surface area contributed by atoms with Crippen LogP contribution in [0, 0.1) is 0 Å². The predicted molar refractivity (Wildman–Crippen MR) is 203 cm³/mol. The summed E-state index contributed by atoms with van der Waals surface area (Å²) in [4.78, 5) is 16.0. The van der Waals surface area contributed by atoms with Gasteiger partial charge in [-0.3, -0.25) is 0 Å². The first kappa shape index (κ1) is 27.1. The third-order valence-corrected chi connectivity index (χ3v) is 9.90. The summed E-state index contributed by atoms with van der Waals surface area (Å²) in [5.41, 5.74) is 5.84. The molecule has 0 N–H and O–H groups in total. The zero-order valence-electron chi connectivity index (χ0n) is 26.6. The summed E-state index contributed by atoms with van der Waals surface area (Å²) in [6, 6.07) is 52.1. The SMILES string of the molecule is c1ccc2c(-c3nc(-c4cc5ccccc5c5ccccc45)nc(-c4cccc5oc6ccccc6c45)n3)c3oc4ccccc4c3cc2c1. The van der Waals surface area contributed by atoms with Gasteiger partial charge in [0.25, 0.3) is 0 Å². The highest BCUT2D eigenvalue weighted by Crippen LogP contribution is 2.43. The highest BCUT2D eigenvalue weighted by molar-refractivity contribution is 6.18. The fraction of sp³-hybridized carbons (Fsp3) is 0. The van der Waals surface area contributed by atoms with E-state index in [0.717, 1.165) is 87.5 Å². The minimum atomic E-state index is 0.549. The van der Waals surface area contributed by atoms with E-state index in [0.29, 0.717) is 17.5 Å². The monoisotopic (exact) mass is 639 g/mol. The van der Waals surface area contributed by atoms with Crippen LogP contribution in [0.2, 0.25) is 0 Å². The number of rotatable bonds is 3. The molecule has 0 saturated heterocycles. The Bertz CT molecular complexity index is 3170. The van der Waals surface area contributed by atoms with E-state index in [1.54, 1.807) is 0 Å². The fourth-order valence-corrected chi connectivity index (χ4v) is 7.67. The van der Waals surface area contributed by atoms with Crippen LogP contribution in [0.15, 0.2) is 160 Å². The van der Waals surface area contributed by atoms with Gasteiger partial charge in [0.1, 0.15) is 22.3 Å². The molecule has 0 saturated carbocycles. The molecule has 5 nitrogen and oxygen atoms in total. The lowest BCUT2D eigenvalue weighted by Gasteiger charge is -2.14. The molecule has 3 heterocycles. The van der Waals surface area contributed by atoms with E-state index < -0.39 is 0 Å². The molecule has 0 fully saturated rings. The number of aromatic nitrogens is 3. The molecule has 3 aromatic heterocycles. The van der Waals surface area contributed by atoms with Gasteiger partial charge < -0.3 is 8.83 Å². The standard InChI is InChI=1S/C45H25N3O2/c1-3-14-28-26(12-1)25-36(31-17-6-5-16-30(28)31)44-46-43(34-20-11-23-39-40(34)33-19-8-10-22-38(33)49-39)47-45(48-44)41-29-15-4-2-13-27(29)24-35-32-18-7-9-21-37(32)50-42(35)41/h1-25H. The Kier molecular flexibility index (Phi) is 5.60. The van der Waals surface area contributed by atoms with E-state index in [-0.39, 0.29) is 0 Å². The van der Waals surface area contributed by atoms with Crippen molar-refractivity contribution in [1.29, 1.82) is 0 Å². The van der Waals surface area contributed by atoms with Crippen molar-refractivity contribution in [1.82, 2.24) is 15.0 Å². The van der Waals surface area contributed by atoms with Crippen LogP contribution in [-0.4, -0.2) is 15.0 Å². The molecule has 0 atom stereocenters. The van der Waals surface area contributed by atoms with E-state index >= 15 is 0 Å². The van der Waals surface area contributed by atoms with E-state index in [4.69, 9.17) is 23.8 Å². The fourth-order valence-electron chi connectivity index (χ4n) is 7.67. The molecule has 0 aliphatic heterocycles. The zero-order valence-corrected chi connectivity index (χ0v) is 26.6. The highest BCUT2D eigenvalue weighted by atomic mass is 16.3. The number of benzene rings is 8. The van der Waals surface area contributed by atoms with Crippen LogP contribution in [0.5, 0.6) is 0 Å². The second-order valence-electron chi connectivity index (χ2n) is 12.7. The molecule has 5 heteroatoms. The van der Waals surface area contributed by atoms with Crippen LogP contribution in [0.25, 0.3) is 110 Å². The van der Waals surface area contributed by atoms with Gasteiger partial charge in [-0.2, -0.15) is 0 Å². The Morgan fingerprint density at radius 1 is 0.340 bits per heavy atom. The lowest BCUT2D eigenvalue weighted by Crippen LogP contribution is -2.01. The molecule has 8 aromatic carbocycles. The maximum absolute atomic E-state index is 6.67. The minimum Gasteiger partial charge on any atom is -0.456 e. The number of furan rings is 2. The van der Waals surface area contributed by atoms with Crippen molar-refractivity contribution in [3.63, 3.8) is 0 Å². The van der Waals surface area contributed by atoms with Crippen molar-refractivity contribution in [2.45, 2.75) is 0 Å². The Labute approximate surface area is 285 Å². The van der Waals surface area contributed by atoms with Gasteiger partial charge in [0.05, 0.1) is 5.56 Å². The first-order valence-corrected chi connectivity index (χ1v) is 16.7. The van der Waals surface area contributed by atoms with Gasteiger partial charge in [-0.1, -0.05) is 121 Å². The van der Waals surface area contributed by atoms with Crippen molar-refractivity contribution in [3.05, 3.63) is 152 Å². The average Bonchev–Trinajstić information content (AvgIpc) is 3.75. The van der Waals surface area contributed by atoms with Crippen molar-refractivity contribution in [3.8, 4) is 34.2 Å². The number of para-hydroxylation sites is 2. The second kappa shape index (κ2) is 10.3. The number of hydrogen-bond donors (Lipinski definition) is 0. The van der Waals surface area contributed by atoms with Crippen LogP contribution >= 0.6 is 0 Å². The van der Waals surface area contributed by atoms with Gasteiger partial charge in [-0.25, -0.2) is 15.0 Å². The molecular formula is C45H25N3O2. The Balaban J connectivity index is 1.30. The van der Waals surface area contributed by atoms with Gasteiger partial charge in [0.15, 0.2) is 17.5 Å². The van der Waals surface area contributed by atoms with Crippen molar-refractivity contribution < 1.29 is 8.83 Å². The number of fused-ring (bicyclic) bond motifs is 10. The first-order valence-electron chi connectivity index (χ1n) is 16.7. The minimum absolute atomic E-state index is 0.549. The zero-order chi connectivity index (χ0) is 32.8. The average molecular weight is 640 g/mol. The maximum atomic E-state index is 6.67. The maximum Gasteiger partial charge on any atom is 0.168 e. The summed E-state index contributed by atoms with van der Waals surface area (Å²) in [5, 5.41) is 10.7. The summed E-state index contributed by atoms with van der Waals surface area (Å²) in [6.07, 6.45) is 0. The number of hydrogen-bond acceptors (Lipinski definition) is 5. The van der Waals surface area contributed by atoms with Crippen molar-refractivity contribution in [2.75, 3.05) is 0 Å². The quantitative estimate of drug-likeness (QED) is 0.180.